The highest BCUT2D eigenvalue weighted by molar-refractivity contribution is 5.87. The van der Waals surface area contributed by atoms with Gasteiger partial charge in [0.1, 0.15) is 0 Å². The van der Waals surface area contributed by atoms with Crippen LogP contribution in [0.2, 0.25) is 0 Å². The van der Waals surface area contributed by atoms with Gasteiger partial charge in [-0.15, -0.1) is 0 Å². The molecule has 1 saturated carbocycles. The van der Waals surface area contributed by atoms with Crippen LogP contribution in [0.25, 0.3) is 11.1 Å². The molecule has 0 radical (unpaired) electrons. The number of anilines is 6. The van der Waals surface area contributed by atoms with Crippen LogP contribution in [0.5, 0.6) is 0 Å². The monoisotopic (exact) mass is 658 g/mol. The van der Waals surface area contributed by atoms with Crippen molar-refractivity contribution in [1.82, 2.24) is 0 Å². The standard InChI is InChI=1S/C49H42N2/c1-36(37-23-27-42(28-24-37)50(39-15-5-2-6-16-39)40-17-7-3-8-18-40)38-25-29-43(30-26-38)51(41-19-9-4-10-20-41)44-31-32-48-46(35-44)45-21-11-12-22-47(45)49(48)33-13-14-34-49/h2-12,15-32,35-36H,13-14,33-34H2,1H3. The van der Waals surface area contributed by atoms with Crippen LogP contribution in [0.15, 0.2) is 182 Å². The Kier molecular flexibility index (Phi) is 8.01. The number of hydrogen-bond acceptors (Lipinski definition) is 2. The van der Waals surface area contributed by atoms with Crippen LogP contribution in [0.1, 0.15) is 60.8 Å². The Morgan fingerprint density at radius 2 is 0.784 bits per heavy atom. The first-order valence-corrected chi connectivity index (χ1v) is 18.4. The minimum atomic E-state index is 0.180. The van der Waals surface area contributed by atoms with Gasteiger partial charge in [0.05, 0.1) is 0 Å². The highest BCUT2D eigenvalue weighted by Crippen LogP contribution is 2.57. The summed E-state index contributed by atoms with van der Waals surface area (Å²) in [5.41, 5.74) is 15.6. The quantitative estimate of drug-likeness (QED) is 0.160. The molecule has 1 atom stereocenters. The molecular weight excluding hydrogens is 617 g/mol. The van der Waals surface area contributed by atoms with Gasteiger partial charge in [-0.05, 0) is 119 Å². The van der Waals surface area contributed by atoms with Crippen molar-refractivity contribution in [2.24, 2.45) is 0 Å². The van der Waals surface area contributed by atoms with Gasteiger partial charge in [0.2, 0.25) is 0 Å². The summed E-state index contributed by atoms with van der Waals surface area (Å²) in [6.07, 6.45) is 5.11. The fraction of sp³-hybridized carbons (Fsp3) is 0.143. The molecule has 2 aliphatic rings. The summed E-state index contributed by atoms with van der Waals surface area (Å²) in [4.78, 5) is 4.72. The normalized spacial score (nSPS) is 14.5. The maximum atomic E-state index is 2.44. The Balaban J connectivity index is 1.03. The summed E-state index contributed by atoms with van der Waals surface area (Å²) in [5.74, 6) is 0.249. The van der Waals surface area contributed by atoms with Crippen molar-refractivity contribution < 1.29 is 0 Å². The SMILES string of the molecule is CC(c1ccc(N(c2ccccc2)c2ccccc2)cc1)c1ccc(N(c2ccccc2)c2ccc3c(c2)-c2ccccc2C32CCCC2)cc1. The fourth-order valence-electron chi connectivity index (χ4n) is 8.75. The Hall–Kier alpha value is -5.86. The van der Waals surface area contributed by atoms with E-state index in [0.29, 0.717) is 0 Å². The molecule has 2 nitrogen and oxygen atoms in total. The topological polar surface area (TPSA) is 6.48 Å². The third-order valence-electron chi connectivity index (χ3n) is 11.3. The van der Waals surface area contributed by atoms with E-state index >= 15 is 0 Å². The minimum absolute atomic E-state index is 0.180. The van der Waals surface area contributed by atoms with Gasteiger partial charge in [-0.25, -0.2) is 0 Å². The van der Waals surface area contributed by atoms with Crippen LogP contribution >= 0.6 is 0 Å². The van der Waals surface area contributed by atoms with Crippen LogP contribution < -0.4 is 9.80 Å². The number of para-hydroxylation sites is 3. The van der Waals surface area contributed by atoms with E-state index in [1.807, 2.05) is 0 Å². The van der Waals surface area contributed by atoms with Crippen LogP contribution in [-0.2, 0) is 5.41 Å². The lowest BCUT2D eigenvalue weighted by molar-refractivity contribution is 0.550. The first-order valence-electron chi connectivity index (χ1n) is 18.4. The number of fused-ring (bicyclic) bond motifs is 5. The molecule has 0 heterocycles. The lowest BCUT2D eigenvalue weighted by Gasteiger charge is -2.29. The third-order valence-corrected chi connectivity index (χ3v) is 11.3. The lowest BCUT2D eigenvalue weighted by atomic mass is 9.77. The second kappa shape index (κ2) is 13.1. The van der Waals surface area contributed by atoms with Crippen LogP contribution in [-0.4, -0.2) is 0 Å². The van der Waals surface area contributed by atoms with E-state index in [1.165, 1.54) is 64.8 Å². The first-order chi connectivity index (χ1) is 25.2. The van der Waals surface area contributed by atoms with Gasteiger partial charge >= 0.3 is 0 Å². The maximum Gasteiger partial charge on any atom is 0.0468 e. The first kappa shape index (κ1) is 31.1. The van der Waals surface area contributed by atoms with Crippen molar-refractivity contribution in [3.05, 3.63) is 204 Å². The summed E-state index contributed by atoms with van der Waals surface area (Å²) < 4.78 is 0. The van der Waals surface area contributed by atoms with E-state index < -0.39 is 0 Å². The molecule has 2 aliphatic carbocycles. The average Bonchev–Trinajstić information content (AvgIpc) is 3.80. The van der Waals surface area contributed by atoms with Crippen molar-refractivity contribution >= 4 is 34.1 Å². The molecule has 0 amide bonds. The van der Waals surface area contributed by atoms with Gasteiger partial charge in [0.15, 0.2) is 0 Å². The zero-order valence-electron chi connectivity index (χ0n) is 29.1. The zero-order valence-corrected chi connectivity index (χ0v) is 29.1. The molecule has 7 aromatic rings. The molecule has 2 heteroatoms. The predicted octanol–water partition coefficient (Wildman–Crippen LogP) is 13.6. The third kappa shape index (κ3) is 5.52. The second-order valence-electron chi connectivity index (χ2n) is 14.1. The summed E-state index contributed by atoms with van der Waals surface area (Å²) in [6, 6.07) is 66.6. The van der Waals surface area contributed by atoms with Crippen LogP contribution in [0, 0.1) is 0 Å². The van der Waals surface area contributed by atoms with E-state index in [4.69, 9.17) is 0 Å². The van der Waals surface area contributed by atoms with Crippen molar-refractivity contribution in [2.75, 3.05) is 9.80 Å². The lowest BCUT2D eigenvalue weighted by Crippen LogP contribution is -2.20. The highest BCUT2D eigenvalue weighted by Gasteiger charge is 2.44. The molecule has 1 spiro atoms. The molecule has 0 aromatic heterocycles. The molecule has 0 saturated heterocycles. The van der Waals surface area contributed by atoms with Gasteiger partial charge in [-0.3, -0.25) is 0 Å². The molecule has 7 aromatic carbocycles. The van der Waals surface area contributed by atoms with E-state index in [1.54, 1.807) is 0 Å². The molecular formula is C49H42N2. The molecule has 1 unspecified atom stereocenters. The van der Waals surface area contributed by atoms with E-state index in [-0.39, 0.29) is 11.3 Å². The predicted molar refractivity (Wildman–Crippen MR) is 214 cm³/mol. The van der Waals surface area contributed by atoms with Crippen LogP contribution in [0.3, 0.4) is 0 Å². The summed E-state index contributed by atoms with van der Waals surface area (Å²) in [7, 11) is 0. The van der Waals surface area contributed by atoms with E-state index in [9.17, 15) is 0 Å². The number of nitrogens with zero attached hydrogens (tertiary/aromatic N) is 2. The van der Waals surface area contributed by atoms with Crippen molar-refractivity contribution in [3.8, 4) is 11.1 Å². The summed E-state index contributed by atoms with van der Waals surface area (Å²) in [6.45, 7) is 2.31. The van der Waals surface area contributed by atoms with Gasteiger partial charge in [0.25, 0.3) is 0 Å². The van der Waals surface area contributed by atoms with Crippen molar-refractivity contribution in [2.45, 2.75) is 43.9 Å². The second-order valence-corrected chi connectivity index (χ2v) is 14.1. The largest absolute Gasteiger partial charge is 0.311 e. The number of hydrogen-bond donors (Lipinski definition) is 0. The van der Waals surface area contributed by atoms with Gasteiger partial charge < -0.3 is 9.80 Å². The molecule has 51 heavy (non-hydrogen) atoms. The zero-order chi connectivity index (χ0) is 34.2. The smallest absolute Gasteiger partial charge is 0.0468 e. The molecule has 0 N–H and O–H groups in total. The minimum Gasteiger partial charge on any atom is -0.311 e. The van der Waals surface area contributed by atoms with Crippen molar-refractivity contribution in [3.63, 3.8) is 0 Å². The molecule has 0 aliphatic heterocycles. The number of benzene rings is 7. The molecule has 248 valence electrons. The Labute approximate surface area is 302 Å². The molecule has 1 fully saturated rings. The summed E-state index contributed by atoms with van der Waals surface area (Å²) in [5, 5.41) is 0. The van der Waals surface area contributed by atoms with Crippen LogP contribution in [0.4, 0.5) is 34.1 Å². The highest BCUT2D eigenvalue weighted by atomic mass is 15.1. The van der Waals surface area contributed by atoms with E-state index in [2.05, 4.69) is 199 Å². The van der Waals surface area contributed by atoms with Crippen molar-refractivity contribution in [1.29, 1.82) is 0 Å². The van der Waals surface area contributed by atoms with Gasteiger partial charge in [-0.1, -0.05) is 129 Å². The maximum absolute atomic E-state index is 2.44. The fourth-order valence-corrected chi connectivity index (χ4v) is 8.75. The molecule has 9 rings (SSSR count). The summed E-state index contributed by atoms with van der Waals surface area (Å²) >= 11 is 0. The molecule has 0 bridgehead atoms. The Morgan fingerprint density at radius 1 is 0.392 bits per heavy atom. The van der Waals surface area contributed by atoms with Gasteiger partial charge in [0, 0.05) is 45.5 Å². The Morgan fingerprint density at radius 3 is 1.29 bits per heavy atom. The average molecular weight is 659 g/mol. The van der Waals surface area contributed by atoms with Gasteiger partial charge in [-0.2, -0.15) is 0 Å². The Bertz CT molecular complexity index is 2210. The van der Waals surface area contributed by atoms with E-state index in [0.717, 1.165) is 28.4 Å². The number of rotatable bonds is 8.